The Bertz CT molecular complexity index is 519. The first-order valence-corrected chi connectivity index (χ1v) is 6.73. The predicted octanol–water partition coefficient (Wildman–Crippen LogP) is 1.91. The highest BCUT2D eigenvalue weighted by atomic mass is 19.4. The smallest absolute Gasteiger partial charge is 0.381 e. The molecule has 1 atom stereocenters. The van der Waals surface area contributed by atoms with Crippen molar-refractivity contribution in [2.45, 2.75) is 44.4 Å². The SMILES string of the molecule is CC(C)(O)C(=O)N1CCC[C@H](c2ncc(C(F)(F)F)[nH]2)C1. The second-order valence-corrected chi connectivity index (χ2v) is 5.83. The van der Waals surface area contributed by atoms with Crippen molar-refractivity contribution in [1.29, 1.82) is 0 Å². The fourth-order valence-corrected chi connectivity index (χ4v) is 2.46. The van der Waals surface area contributed by atoms with Crippen molar-refractivity contribution < 1.29 is 23.1 Å². The summed E-state index contributed by atoms with van der Waals surface area (Å²) in [7, 11) is 0. The van der Waals surface area contributed by atoms with Crippen LogP contribution < -0.4 is 0 Å². The molecule has 1 aliphatic rings. The number of carbonyl (C=O) groups is 1. The summed E-state index contributed by atoms with van der Waals surface area (Å²) >= 11 is 0. The minimum Gasteiger partial charge on any atom is -0.381 e. The average Bonchev–Trinajstić information content (AvgIpc) is 2.86. The summed E-state index contributed by atoms with van der Waals surface area (Å²) in [6, 6.07) is 0. The predicted molar refractivity (Wildman–Crippen MR) is 68.4 cm³/mol. The minimum atomic E-state index is -4.46. The fraction of sp³-hybridized carbons (Fsp3) is 0.692. The molecule has 0 unspecified atom stereocenters. The number of hydrogen-bond donors (Lipinski definition) is 2. The molecular formula is C13H18F3N3O2. The standard InChI is InChI=1S/C13H18F3N3O2/c1-12(2,21)11(20)19-5-3-4-8(7-19)10-17-6-9(18-10)13(14,15)16/h6,8,21H,3-5,7H2,1-2H3,(H,17,18)/t8-/m0/s1. The van der Waals surface area contributed by atoms with Gasteiger partial charge in [-0.15, -0.1) is 0 Å². The Morgan fingerprint density at radius 1 is 1.48 bits per heavy atom. The van der Waals surface area contributed by atoms with E-state index in [1.54, 1.807) is 0 Å². The van der Waals surface area contributed by atoms with Gasteiger partial charge in [-0.2, -0.15) is 13.2 Å². The molecule has 1 aromatic rings. The van der Waals surface area contributed by atoms with Crippen LogP contribution >= 0.6 is 0 Å². The van der Waals surface area contributed by atoms with E-state index in [0.717, 1.165) is 6.20 Å². The van der Waals surface area contributed by atoms with Gasteiger partial charge in [0.1, 0.15) is 17.1 Å². The van der Waals surface area contributed by atoms with Crippen molar-refractivity contribution in [3.63, 3.8) is 0 Å². The molecule has 5 nitrogen and oxygen atoms in total. The number of nitrogens with zero attached hydrogens (tertiary/aromatic N) is 2. The summed E-state index contributed by atoms with van der Waals surface area (Å²) in [5, 5.41) is 9.74. The number of rotatable bonds is 2. The van der Waals surface area contributed by atoms with E-state index in [-0.39, 0.29) is 18.3 Å². The van der Waals surface area contributed by atoms with Crippen LogP contribution in [0.15, 0.2) is 6.20 Å². The van der Waals surface area contributed by atoms with Gasteiger partial charge in [-0.3, -0.25) is 4.79 Å². The van der Waals surface area contributed by atoms with Crippen molar-refractivity contribution in [3.05, 3.63) is 17.7 Å². The second kappa shape index (κ2) is 5.32. The third kappa shape index (κ3) is 3.55. The average molecular weight is 305 g/mol. The first kappa shape index (κ1) is 15.8. The molecule has 0 aromatic carbocycles. The van der Waals surface area contributed by atoms with Crippen LogP contribution in [0.2, 0.25) is 0 Å². The molecule has 118 valence electrons. The van der Waals surface area contributed by atoms with E-state index in [1.165, 1.54) is 18.7 Å². The van der Waals surface area contributed by atoms with Crippen LogP contribution in [0.1, 0.15) is 44.1 Å². The highest BCUT2D eigenvalue weighted by molar-refractivity contribution is 5.84. The number of hydrogen-bond acceptors (Lipinski definition) is 3. The number of halogens is 3. The first-order chi connectivity index (χ1) is 9.59. The maximum Gasteiger partial charge on any atom is 0.432 e. The topological polar surface area (TPSA) is 69.2 Å². The molecule has 2 rings (SSSR count). The van der Waals surface area contributed by atoms with Crippen LogP contribution in [0, 0.1) is 0 Å². The van der Waals surface area contributed by atoms with Gasteiger partial charge in [0.05, 0.1) is 6.20 Å². The Morgan fingerprint density at radius 2 is 2.14 bits per heavy atom. The van der Waals surface area contributed by atoms with E-state index < -0.39 is 23.4 Å². The number of alkyl halides is 3. The van der Waals surface area contributed by atoms with Crippen LogP contribution in [0.5, 0.6) is 0 Å². The van der Waals surface area contributed by atoms with Gasteiger partial charge in [-0.25, -0.2) is 4.98 Å². The second-order valence-electron chi connectivity index (χ2n) is 5.83. The molecule has 1 aliphatic heterocycles. The van der Waals surface area contributed by atoms with E-state index in [2.05, 4.69) is 9.97 Å². The maximum absolute atomic E-state index is 12.6. The number of imidazole rings is 1. The lowest BCUT2D eigenvalue weighted by Crippen LogP contribution is -2.48. The van der Waals surface area contributed by atoms with Gasteiger partial charge in [0.15, 0.2) is 0 Å². The molecule has 0 spiro atoms. The number of piperidine rings is 1. The lowest BCUT2D eigenvalue weighted by atomic mass is 9.95. The molecule has 2 heterocycles. The Kier molecular flexibility index (Phi) is 4.01. The zero-order chi connectivity index (χ0) is 15.8. The molecule has 2 N–H and O–H groups in total. The summed E-state index contributed by atoms with van der Waals surface area (Å²) in [5.74, 6) is -0.466. The number of aliphatic hydroxyl groups is 1. The number of amides is 1. The molecule has 0 bridgehead atoms. The number of nitrogens with one attached hydrogen (secondary N) is 1. The van der Waals surface area contributed by atoms with E-state index in [1.807, 2.05) is 0 Å². The van der Waals surface area contributed by atoms with Gasteiger partial charge >= 0.3 is 6.18 Å². The van der Waals surface area contributed by atoms with Crippen LogP contribution in [-0.2, 0) is 11.0 Å². The van der Waals surface area contributed by atoms with Crippen molar-refractivity contribution in [2.75, 3.05) is 13.1 Å². The van der Waals surface area contributed by atoms with E-state index in [0.29, 0.717) is 19.4 Å². The Balaban J connectivity index is 2.11. The Morgan fingerprint density at radius 3 is 2.67 bits per heavy atom. The maximum atomic E-state index is 12.6. The number of aromatic nitrogens is 2. The van der Waals surface area contributed by atoms with Gasteiger partial charge in [0.25, 0.3) is 5.91 Å². The molecule has 0 saturated carbocycles. The zero-order valence-electron chi connectivity index (χ0n) is 11.9. The summed E-state index contributed by atoms with van der Waals surface area (Å²) in [4.78, 5) is 19.6. The Labute approximate surface area is 120 Å². The fourth-order valence-electron chi connectivity index (χ4n) is 2.46. The molecule has 8 heteroatoms. The van der Waals surface area contributed by atoms with E-state index in [4.69, 9.17) is 0 Å². The van der Waals surface area contributed by atoms with Gasteiger partial charge in [0, 0.05) is 19.0 Å². The summed E-state index contributed by atoms with van der Waals surface area (Å²) in [6.45, 7) is 3.54. The molecule has 1 aromatic heterocycles. The van der Waals surface area contributed by atoms with E-state index >= 15 is 0 Å². The lowest BCUT2D eigenvalue weighted by molar-refractivity contribution is -0.149. The number of H-pyrrole nitrogens is 1. The third-order valence-electron chi connectivity index (χ3n) is 3.52. The van der Waals surface area contributed by atoms with Crippen LogP contribution in [0.25, 0.3) is 0 Å². The summed E-state index contributed by atoms with van der Waals surface area (Å²) in [5.41, 5.74) is -2.37. The van der Waals surface area contributed by atoms with Gasteiger partial charge in [0.2, 0.25) is 0 Å². The molecule has 1 saturated heterocycles. The van der Waals surface area contributed by atoms with Gasteiger partial charge < -0.3 is 15.0 Å². The summed E-state index contributed by atoms with van der Waals surface area (Å²) < 4.78 is 37.7. The van der Waals surface area contributed by atoms with Crippen molar-refractivity contribution in [3.8, 4) is 0 Å². The van der Waals surface area contributed by atoms with Gasteiger partial charge in [-0.1, -0.05) is 0 Å². The number of carbonyl (C=O) groups excluding carboxylic acids is 1. The molecule has 1 fully saturated rings. The molecule has 0 aliphatic carbocycles. The minimum absolute atomic E-state index is 0.232. The van der Waals surface area contributed by atoms with Crippen LogP contribution in [0.4, 0.5) is 13.2 Å². The monoisotopic (exact) mass is 305 g/mol. The largest absolute Gasteiger partial charge is 0.432 e. The van der Waals surface area contributed by atoms with Crippen LogP contribution in [-0.4, -0.2) is 44.6 Å². The number of aromatic amines is 1. The Hall–Kier alpha value is -1.57. The van der Waals surface area contributed by atoms with Crippen LogP contribution in [0.3, 0.4) is 0 Å². The van der Waals surface area contributed by atoms with Crippen molar-refractivity contribution in [2.24, 2.45) is 0 Å². The highest BCUT2D eigenvalue weighted by Crippen LogP contribution is 2.31. The third-order valence-corrected chi connectivity index (χ3v) is 3.52. The number of likely N-dealkylation sites (tertiary alicyclic amines) is 1. The highest BCUT2D eigenvalue weighted by Gasteiger charge is 2.36. The summed E-state index contributed by atoms with van der Waals surface area (Å²) in [6.07, 6.45) is -2.37. The zero-order valence-corrected chi connectivity index (χ0v) is 11.9. The van der Waals surface area contributed by atoms with Crippen molar-refractivity contribution in [1.82, 2.24) is 14.9 Å². The van der Waals surface area contributed by atoms with E-state index in [9.17, 15) is 23.1 Å². The lowest BCUT2D eigenvalue weighted by Gasteiger charge is -2.35. The first-order valence-electron chi connectivity index (χ1n) is 6.73. The van der Waals surface area contributed by atoms with Crippen molar-refractivity contribution >= 4 is 5.91 Å². The van der Waals surface area contributed by atoms with Gasteiger partial charge in [-0.05, 0) is 26.7 Å². The molecule has 21 heavy (non-hydrogen) atoms. The quantitative estimate of drug-likeness (QED) is 0.877. The molecule has 1 amide bonds. The molecule has 0 radical (unpaired) electrons. The molecular weight excluding hydrogens is 287 g/mol. The normalized spacial score (nSPS) is 20.7.